The Morgan fingerprint density at radius 2 is 1.96 bits per heavy atom. The van der Waals surface area contributed by atoms with Gasteiger partial charge in [0, 0.05) is 35.7 Å². The molecule has 1 saturated heterocycles. The minimum atomic E-state index is -0.144. The summed E-state index contributed by atoms with van der Waals surface area (Å²) in [6, 6.07) is 9.68. The molecule has 1 aliphatic heterocycles. The van der Waals surface area contributed by atoms with Gasteiger partial charge >= 0.3 is 0 Å². The number of amides is 2. The number of rotatable bonds is 7. The number of benzene rings is 1. The Hall–Kier alpha value is -2.19. The second-order valence-electron chi connectivity index (χ2n) is 7.05. The predicted molar refractivity (Wildman–Crippen MR) is 112 cm³/mol. The zero-order valence-electron chi connectivity index (χ0n) is 16.0. The van der Waals surface area contributed by atoms with Crippen LogP contribution >= 0.6 is 15.9 Å². The highest BCUT2D eigenvalue weighted by molar-refractivity contribution is 9.10. The summed E-state index contributed by atoms with van der Waals surface area (Å²) in [4.78, 5) is 26.5. The van der Waals surface area contributed by atoms with Crippen LogP contribution in [0.1, 0.15) is 36.7 Å². The van der Waals surface area contributed by atoms with E-state index in [1.54, 1.807) is 6.07 Å². The van der Waals surface area contributed by atoms with Crippen molar-refractivity contribution in [1.29, 1.82) is 0 Å². The minimum absolute atomic E-state index is 0.0715. The third-order valence-corrected chi connectivity index (χ3v) is 5.35. The van der Waals surface area contributed by atoms with Crippen LogP contribution in [0.15, 0.2) is 34.8 Å². The number of piperidine rings is 1. The molecule has 0 radical (unpaired) electrons. The number of aromatic amines is 1. The lowest BCUT2D eigenvalue weighted by Crippen LogP contribution is -2.47. The van der Waals surface area contributed by atoms with Crippen LogP contribution in [-0.2, 0) is 4.79 Å². The molecule has 3 rings (SSSR count). The highest BCUT2D eigenvalue weighted by atomic mass is 79.9. The van der Waals surface area contributed by atoms with Gasteiger partial charge in [-0.3, -0.25) is 19.6 Å². The van der Waals surface area contributed by atoms with Crippen LogP contribution in [0.4, 0.5) is 0 Å². The van der Waals surface area contributed by atoms with Crippen molar-refractivity contribution in [2.45, 2.75) is 32.2 Å². The zero-order chi connectivity index (χ0) is 19.9. The molecule has 1 aliphatic rings. The van der Waals surface area contributed by atoms with Crippen LogP contribution in [-0.4, -0.2) is 59.1 Å². The van der Waals surface area contributed by atoms with E-state index in [1.165, 1.54) is 0 Å². The van der Waals surface area contributed by atoms with Gasteiger partial charge in [0.25, 0.3) is 5.91 Å². The molecule has 8 heteroatoms. The fourth-order valence-electron chi connectivity index (χ4n) is 3.23. The van der Waals surface area contributed by atoms with Crippen LogP contribution in [0.5, 0.6) is 0 Å². The molecule has 3 N–H and O–H groups in total. The Kier molecular flexibility index (Phi) is 7.22. The van der Waals surface area contributed by atoms with Gasteiger partial charge in [-0.1, -0.05) is 35.0 Å². The van der Waals surface area contributed by atoms with Gasteiger partial charge in [0.1, 0.15) is 5.69 Å². The number of hydrogen-bond acceptors (Lipinski definition) is 4. The van der Waals surface area contributed by atoms with Gasteiger partial charge in [-0.05, 0) is 37.5 Å². The summed E-state index contributed by atoms with van der Waals surface area (Å²) in [5.74, 6) is -0.0720. The van der Waals surface area contributed by atoms with E-state index in [1.807, 2.05) is 31.2 Å². The second-order valence-corrected chi connectivity index (χ2v) is 7.96. The second kappa shape index (κ2) is 9.84. The van der Waals surface area contributed by atoms with Crippen LogP contribution in [0, 0.1) is 0 Å². The van der Waals surface area contributed by atoms with E-state index in [0.717, 1.165) is 54.6 Å². The van der Waals surface area contributed by atoms with E-state index in [9.17, 15) is 9.59 Å². The number of hydrogen-bond donors (Lipinski definition) is 3. The average Bonchev–Trinajstić information content (AvgIpc) is 3.19. The fourth-order valence-corrected chi connectivity index (χ4v) is 3.49. The van der Waals surface area contributed by atoms with E-state index >= 15 is 0 Å². The molecule has 0 saturated carbocycles. The Labute approximate surface area is 173 Å². The van der Waals surface area contributed by atoms with E-state index in [-0.39, 0.29) is 17.9 Å². The normalized spacial score (nSPS) is 15.4. The molecule has 150 valence electrons. The van der Waals surface area contributed by atoms with E-state index in [4.69, 9.17) is 0 Å². The quantitative estimate of drug-likeness (QED) is 0.608. The maximum absolute atomic E-state index is 12.5. The van der Waals surface area contributed by atoms with Crippen molar-refractivity contribution in [3.8, 4) is 11.3 Å². The molecule has 0 aliphatic carbocycles. The summed E-state index contributed by atoms with van der Waals surface area (Å²) in [6.07, 6.45) is 2.61. The molecule has 0 bridgehead atoms. The number of carbonyl (C=O) groups excluding carboxylic acids is 2. The smallest absolute Gasteiger partial charge is 0.269 e. The SMILES string of the molecule is CCCNC(=O)CN1CCC(NC(=O)c2cc(-c3ccc(Br)cc3)n[nH]2)CC1. The number of nitrogens with zero attached hydrogens (tertiary/aromatic N) is 2. The summed E-state index contributed by atoms with van der Waals surface area (Å²) in [6.45, 7) is 4.79. The Balaban J connectivity index is 1.47. The predicted octanol–water partition coefficient (Wildman–Crippen LogP) is 2.56. The Morgan fingerprint density at radius 1 is 1.25 bits per heavy atom. The van der Waals surface area contributed by atoms with Gasteiger partial charge in [-0.2, -0.15) is 5.10 Å². The molecular formula is C20H26BrN5O2. The van der Waals surface area contributed by atoms with Gasteiger partial charge in [-0.15, -0.1) is 0 Å². The molecule has 2 amide bonds. The maximum Gasteiger partial charge on any atom is 0.269 e. The highest BCUT2D eigenvalue weighted by Crippen LogP contribution is 2.20. The molecular weight excluding hydrogens is 422 g/mol. The first-order valence-electron chi connectivity index (χ1n) is 9.66. The first-order chi connectivity index (χ1) is 13.5. The molecule has 1 aromatic heterocycles. The van der Waals surface area contributed by atoms with Gasteiger partial charge in [-0.25, -0.2) is 0 Å². The first-order valence-corrected chi connectivity index (χ1v) is 10.5. The lowest BCUT2D eigenvalue weighted by atomic mass is 10.0. The number of aromatic nitrogens is 2. The molecule has 1 aromatic carbocycles. The van der Waals surface area contributed by atoms with Crippen molar-refractivity contribution in [3.05, 3.63) is 40.5 Å². The van der Waals surface area contributed by atoms with Gasteiger partial charge in [0.15, 0.2) is 0 Å². The molecule has 0 atom stereocenters. The van der Waals surface area contributed by atoms with Crippen molar-refractivity contribution >= 4 is 27.7 Å². The lowest BCUT2D eigenvalue weighted by molar-refractivity contribution is -0.122. The Bertz CT molecular complexity index is 797. The summed E-state index contributed by atoms with van der Waals surface area (Å²) < 4.78 is 0.999. The zero-order valence-corrected chi connectivity index (χ0v) is 17.6. The lowest BCUT2D eigenvalue weighted by Gasteiger charge is -2.31. The van der Waals surface area contributed by atoms with Gasteiger partial charge in [0.05, 0.1) is 12.2 Å². The Morgan fingerprint density at radius 3 is 2.64 bits per heavy atom. The van der Waals surface area contributed by atoms with Crippen LogP contribution in [0.3, 0.4) is 0 Å². The molecule has 2 heterocycles. The fraction of sp³-hybridized carbons (Fsp3) is 0.450. The molecule has 2 aromatic rings. The molecule has 0 spiro atoms. The molecule has 28 heavy (non-hydrogen) atoms. The van der Waals surface area contributed by atoms with Crippen molar-refractivity contribution in [1.82, 2.24) is 25.7 Å². The number of carbonyl (C=O) groups is 2. The van der Waals surface area contributed by atoms with Crippen molar-refractivity contribution in [3.63, 3.8) is 0 Å². The van der Waals surface area contributed by atoms with Crippen molar-refractivity contribution < 1.29 is 9.59 Å². The van der Waals surface area contributed by atoms with E-state index < -0.39 is 0 Å². The van der Waals surface area contributed by atoms with Crippen LogP contribution < -0.4 is 10.6 Å². The van der Waals surface area contributed by atoms with E-state index in [0.29, 0.717) is 12.2 Å². The summed E-state index contributed by atoms with van der Waals surface area (Å²) >= 11 is 3.41. The summed E-state index contributed by atoms with van der Waals surface area (Å²) in [5, 5.41) is 13.0. The maximum atomic E-state index is 12.5. The first kappa shape index (κ1) is 20.5. The monoisotopic (exact) mass is 447 g/mol. The van der Waals surface area contributed by atoms with Gasteiger partial charge in [0.2, 0.25) is 5.91 Å². The third kappa shape index (κ3) is 5.65. The minimum Gasteiger partial charge on any atom is -0.355 e. The number of nitrogens with one attached hydrogen (secondary N) is 3. The topological polar surface area (TPSA) is 90.1 Å². The number of H-pyrrole nitrogens is 1. The van der Waals surface area contributed by atoms with Crippen LogP contribution in [0.25, 0.3) is 11.3 Å². The van der Waals surface area contributed by atoms with Crippen molar-refractivity contribution in [2.24, 2.45) is 0 Å². The average molecular weight is 448 g/mol. The van der Waals surface area contributed by atoms with Crippen molar-refractivity contribution in [2.75, 3.05) is 26.2 Å². The standard InChI is InChI=1S/C20H26BrN5O2/c1-2-9-22-19(27)13-26-10-7-16(8-11-26)23-20(28)18-12-17(24-25-18)14-3-5-15(21)6-4-14/h3-6,12,16H,2,7-11,13H2,1H3,(H,22,27)(H,23,28)(H,24,25). The highest BCUT2D eigenvalue weighted by Gasteiger charge is 2.23. The summed E-state index contributed by atoms with van der Waals surface area (Å²) in [7, 11) is 0. The largest absolute Gasteiger partial charge is 0.355 e. The molecule has 7 nitrogen and oxygen atoms in total. The van der Waals surface area contributed by atoms with Gasteiger partial charge < -0.3 is 10.6 Å². The summed E-state index contributed by atoms with van der Waals surface area (Å²) in [5.41, 5.74) is 2.15. The molecule has 0 unspecified atom stereocenters. The van der Waals surface area contributed by atoms with E-state index in [2.05, 4.69) is 41.7 Å². The third-order valence-electron chi connectivity index (χ3n) is 4.82. The molecule has 1 fully saturated rings. The number of likely N-dealkylation sites (tertiary alicyclic amines) is 1. The van der Waals surface area contributed by atoms with Crippen LogP contribution in [0.2, 0.25) is 0 Å². The number of halogens is 1.